The van der Waals surface area contributed by atoms with E-state index < -0.39 is 18.1 Å². The summed E-state index contributed by atoms with van der Waals surface area (Å²) in [6.07, 6.45) is 3.54. The minimum absolute atomic E-state index is 0.123. The van der Waals surface area contributed by atoms with Crippen LogP contribution in [0.5, 0.6) is 0 Å². The average molecular weight is 583 g/mol. The lowest BCUT2D eigenvalue weighted by Gasteiger charge is -2.29. The van der Waals surface area contributed by atoms with Gasteiger partial charge in [-0.3, -0.25) is 14.4 Å². The van der Waals surface area contributed by atoms with Gasteiger partial charge in [-0.15, -0.1) is 11.3 Å². The van der Waals surface area contributed by atoms with Gasteiger partial charge in [0, 0.05) is 13.0 Å². The Balaban J connectivity index is 1.37. The Morgan fingerprint density at radius 3 is 2.52 bits per heavy atom. The lowest BCUT2D eigenvalue weighted by atomic mass is 10.00. The molecule has 2 amide bonds. The Bertz CT molecular complexity index is 1550. The first-order chi connectivity index (χ1) is 20.5. The van der Waals surface area contributed by atoms with Crippen LogP contribution in [-0.2, 0) is 22.4 Å². The van der Waals surface area contributed by atoms with Gasteiger partial charge in [0.05, 0.1) is 28.5 Å². The molecule has 0 aliphatic carbocycles. The molecule has 0 bridgehead atoms. The van der Waals surface area contributed by atoms with Crippen LogP contribution in [0.2, 0.25) is 0 Å². The summed E-state index contributed by atoms with van der Waals surface area (Å²) in [6.45, 7) is 0.487. The van der Waals surface area contributed by atoms with E-state index in [1.54, 1.807) is 11.9 Å². The molecule has 0 radical (unpaired) electrons. The van der Waals surface area contributed by atoms with Gasteiger partial charge in [-0.2, -0.15) is 5.10 Å². The van der Waals surface area contributed by atoms with E-state index in [9.17, 15) is 14.4 Å². The van der Waals surface area contributed by atoms with Crippen LogP contribution in [0.4, 0.5) is 0 Å². The zero-order chi connectivity index (χ0) is 29.5. The second kappa shape index (κ2) is 13.5. The number of likely N-dealkylation sites (tertiary alicyclic amines) is 1. The number of hydrogen-bond donors (Lipinski definition) is 3. The minimum atomic E-state index is -0.870. The lowest BCUT2D eigenvalue weighted by Crippen LogP contribution is -2.55. The molecule has 1 aliphatic heterocycles. The molecule has 1 unspecified atom stereocenters. The highest BCUT2D eigenvalue weighted by Gasteiger charge is 2.38. The van der Waals surface area contributed by atoms with Crippen LogP contribution in [0.15, 0.2) is 84.0 Å². The van der Waals surface area contributed by atoms with Gasteiger partial charge in [-0.1, -0.05) is 66.7 Å². The van der Waals surface area contributed by atoms with Gasteiger partial charge in [0.25, 0.3) is 0 Å². The van der Waals surface area contributed by atoms with Crippen molar-refractivity contribution in [2.45, 2.75) is 43.8 Å². The fourth-order valence-corrected chi connectivity index (χ4v) is 6.35. The van der Waals surface area contributed by atoms with Crippen LogP contribution in [0.25, 0.3) is 10.2 Å². The highest BCUT2D eigenvalue weighted by Crippen LogP contribution is 2.24. The highest BCUT2D eigenvalue weighted by atomic mass is 32.1. The first-order valence-electron chi connectivity index (χ1n) is 14.0. The number of para-hydroxylation sites is 1. The molecule has 2 heterocycles. The first kappa shape index (κ1) is 29.1. The molecule has 4 aromatic rings. The number of thiazole rings is 1. The van der Waals surface area contributed by atoms with Gasteiger partial charge in [-0.05, 0) is 55.1 Å². The predicted molar refractivity (Wildman–Crippen MR) is 166 cm³/mol. The van der Waals surface area contributed by atoms with Crippen molar-refractivity contribution in [2.75, 3.05) is 13.6 Å². The summed E-state index contributed by atoms with van der Waals surface area (Å²) in [5.74, 6) is 4.61. The Kier molecular flexibility index (Phi) is 9.35. The third-order valence-electron chi connectivity index (χ3n) is 7.52. The summed E-state index contributed by atoms with van der Waals surface area (Å²) in [5.41, 5.74) is 3.40. The van der Waals surface area contributed by atoms with Crippen molar-refractivity contribution in [1.82, 2.24) is 20.5 Å². The zero-order valence-electron chi connectivity index (χ0n) is 23.4. The van der Waals surface area contributed by atoms with Crippen LogP contribution in [0.1, 0.15) is 39.3 Å². The Morgan fingerprint density at radius 2 is 1.76 bits per heavy atom. The fourth-order valence-electron chi connectivity index (χ4n) is 5.39. The van der Waals surface area contributed by atoms with Gasteiger partial charge in [0.15, 0.2) is 5.01 Å². The molecule has 42 heavy (non-hydrogen) atoms. The average Bonchev–Trinajstić information content (AvgIpc) is 3.68. The maximum atomic E-state index is 13.8. The molecule has 1 saturated heterocycles. The van der Waals surface area contributed by atoms with Crippen LogP contribution >= 0.6 is 11.3 Å². The zero-order valence-corrected chi connectivity index (χ0v) is 24.2. The number of fused-ring (bicyclic) bond motifs is 1. The summed E-state index contributed by atoms with van der Waals surface area (Å²) in [5, 5.41) is 10.0. The maximum absolute atomic E-state index is 13.8. The molecular weight excluding hydrogens is 548 g/mol. The van der Waals surface area contributed by atoms with Crippen molar-refractivity contribution in [1.29, 1.82) is 0 Å². The number of Topliss-reactive ketones (excluding diaryl/α,β-unsaturated/α-hetero) is 1. The van der Waals surface area contributed by atoms with Crippen LogP contribution in [0, 0.1) is 0 Å². The van der Waals surface area contributed by atoms with E-state index in [4.69, 9.17) is 5.84 Å². The van der Waals surface area contributed by atoms with E-state index in [1.165, 1.54) is 17.6 Å². The van der Waals surface area contributed by atoms with Crippen molar-refractivity contribution >= 4 is 45.4 Å². The summed E-state index contributed by atoms with van der Waals surface area (Å²) in [6, 6.07) is 22.9. The van der Waals surface area contributed by atoms with Crippen LogP contribution in [-0.4, -0.2) is 65.4 Å². The van der Waals surface area contributed by atoms with Gasteiger partial charge >= 0.3 is 0 Å². The smallest absolute Gasteiger partial charge is 0.243 e. The van der Waals surface area contributed by atoms with Gasteiger partial charge in [0.1, 0.15) is 6.04 Å². The number of rotatable bonds is 11. The molecule has 9 nitrogen and oxygen atoms in total. The number of aromatic nitrogens is 1. The van der Waals surface area contributed by atoms with Crippen molar-refractivity contribution < 1.29 is 14.4 Å². The molecule has 5 rings (SSSR count). The van der Waals surface area contributed by atoms with Crippen molar-refractivity contribution in [2.24, 2.45) is 10.9 Å². The van der Waals surface area contributed by atoms with Crippen molar-refractivity contribution in [3.05, 3.63) is 101 Å². The summed E-state index contributed by atoms with van der Waals surface area (Å²) >= 11 is 1.31. The normalized spacial score (nSPS) is 16.5. The fraction of sp³-hybridized carbons (Fsp3) is 0.281. The predicted octanol–water partition coefficient (Wildman–Crippen LogP) is 3.32. The van der Waals surface area contributed by atoms with Gasteiger partial charge in [0.2, 0.25) is 17.6 Å². The molecule has 216 valence electrons. The summed E-state index contributed by atoms with van der Waals surface area (Å²) in [7, 11) is 1.76. The van der Waals surface area contributed by atoms with Crippen LogP contribution in [0.3, 0.4) is 0 Å². The molecule has 1 aromatic heterocycles. The second-order valence-corrected chi connectivity index (χ2v) is 11.4. The van der Waals surface area contributed by atoms with E-state index in [2.05, 4.69) is 20.7 Å². The third-order valence-corrected chi connectivity index (χ3v) is 8.57. The van der Waals surface area contributed by atoms with E-state index >= 15 is 0 Å². The molecule has 3 aromatic carbocycles. The highest BCUT2D eigenvalue weighted by molar-refractivity contribution is 7.20. The number of nitrogens with zero attached hydrogens (tertiary/aromatic N) is 3. The number of benzene rings is 3. The molecule has 10 heteroatoms. The van der Waals surface area contributed by atoms with Gasteiger partial charge < -0.3 is 21.4 Å². The second-order valence-electron chi connectivity index (χ2n) is 10.4. The number of carbonyl (C=O) groups is 3. The SMILES string of the molecule is CN[C@@H](Cc1ccccc1)C(=O)N1CCC[C@H]1C(=O)NC(Cc1cccc(C=NN)c1)C(=O)c1nc2ccccc2s1. The van der Waals surface area contributed by atoms with E-state index in [-0.39, 0.29) is 24.0 Å². The summed E-state index contributed by atoms with van der Waals surface area (Å²) < 4.78 is 0.899. The molecule has 1 fully saturated rings. The standard InChI is InChI=1S/C32H34N6O3S/c1-34-26(18-21-9-3-2-4-10-21)32(41)38-16-8-14-27(38)30(40)36-25(19-22-11-7-12-23(17-22)20-35-33)29(39)31-37-24-13-5-6-15-28(24)42-31/h2-7,9-13,15,17,20,25-27,34H,8,14,16,18-19,33H2,1H3,(H,36,40)/t25?,26-,27-/m0/s1. The topological polar surface area (TPSA) is 130 Å². The van der Waals surface area contributed by atoms with E-state index in [0.717, 1.165) is 26.9 Å². The minimum Gasteiger partial charge on any atom is -0.344 e. The molecular formula is C32H34N6O3S. The Labute approximate surface area is 248 Å². The monoisotopic (exact) mass is 582 g/mol. The quantitative estimate of drug-likeness (QED) is 0.108. The number of carbonyl (C=O) groups excluding carboxylic acids is 3. The van der Waals surface area contributed by atoms with Crippen molar-refractivity contribution in [3.8, 4) is 0 Å². The molecule has 0 saturated carbocycles. The lowest BCUT2D eigenvalue weighted by molar-refractivity contribution is -0.140. The Morgan fingerprint density at radius 1 is 1.02 bits per heavy atom. The number of nitrogens with two attached hydrogens (primary N) is 1. The van der Waals surface area contributed by atoms with E-state index in [1.807, 2.05) is 78.9 Å². The van der Waals surface area contributed by atoms with Crippen molar-refractivity contribution in [3.63, 3.8) is 0 Å². The molecule has 1 aliphatic rings. The third kappa shape index (κ3) is 6.72. The molecule has 3 atom stereocenters. The van der Waals surface area contributed by atoms with Gasteiger partial charge in [-0.25, -0.2) is 4.98 Å². The van der Waals surface area contributed by atoms with E-state index in [0.29, 0.717) is 30.8 Å². The number of amides is 2. The molecule has 4 N–H and O–H groups in total. The maximum Gasteiger partial charge on any atom is 0.243 e. The first-order valence-corrected chi connectivity index (χ1v) is 14.8. The number of hydrogen-bond acceptors (Lipinski definition) is 8. The summed E-state index contributed by atoms with van der Waals surface area (Å²) in [4.78, 5) is 47.4. The van der Waals surface area contributed by atoms with Crippen LogP contribution < -0.4 is 16.5 Å². The number of hydrazone groups is 1. The molecule has 0 spiro atoms. The number of ketones is 1. The Hall–Kier alpha value is -4.41. The number of nitrogens with one attached hydrogen (secondary N) is 2. The largest absolute Gasteiger partial charge is 0.344 e. The number of likely N-dealkylation sites (N-methyl/N-ethyl adjacent to an activating group) is 1.